The van der Waals surface area contributed by atoms with Gasteiger partial charge in [0.05, 0.1) is 11.1 Å². The Bertz CT molecular complexity index is 1250. The van der Waals surface area contributed by atoms with Gasteiger partial charge in [-0.3, -0.25) is 9.59 Å². The van der Waals surface area contributed by atoms with Gasteiger partial charge in [0.15, 0.2) is 0 Å². The van der Waals surface area contributed by atoms with Crippen LogP contribution in [-0.4, -0.2) is 31.8 Å². The zero-order valence-electron chi connectivity index (χ0n) is 17.5. The average Bonchev–Trinajstić information content (AvgIpc) is 3.30. The fraction of sp³-hybridized carbons (Fsp3) is 0.174. The van der Waals surface area contributed by atoms with Gasteiger partial charge in [-0.05, 0) is 30.9 Å². The number of nitrogens with zero attached hydrogens (tertiary/aromatic N) is 2. The predicted molar refractivity (Wildman–Crippen MR) is 128 cm³/mol. The van der Waals surface area contributed by atoms with Crippen LogP contribution in [0.4, 0.5) is 5.69 Å². The van der Waals surface area contributed by atoms with E-state index in [0.717, 1.165) is 16.2 Å². The number of carbonyl (C=O) groups excluding carboxylic acids is 2. The normalized spacial score (nSPS) is 12.5. The molecule has 0 fully saturated rings. The van der Waals surface area contributed by atoms with E-state index in [1.165, 1.54) is 28.4 Å². The average molecular weight is 470 g/mol. The maximum Gasteiger partial charge on any atom is 0.257 e. The minimum Gasteiger partial charge on any atom is -0.311 e. The number of thiazole rings is 1. The summed E-state index contributed by atoms with van der Waals surface area (Å²) in [6.45, 7) is 5.73. The number of nitrogens with one attached hydrogen (secondary N) is 1. The Morgan fingerprint density at radius 2 is 1.97 bits per heavy atom. The summed E-state index contributed by atoms with van der Waals surface area (Å²) in [6.07, 6.45) is 4.26. The fourth-order valence-electron chi connectivity index (χ4n) is 3.27. The molecule has 1 N–H and O–H groups in total. The SMILES string of the molecule is C=CCC(C(=O)NS(=O)(=O)/C=C/c1nccs1)C(=O)N(CC)c1cccc2ccccc12. The summed E-state index contributed by atoms with van der Waals surface area (Å²) >= 11 is 1.26. The number of hydrogen-bond donors (Lipinski definition) is 1. The highest BCUT2D eigenvalue weighted by Gasteiger charge is 2.32. The van der Waals surface area contributed by atoms with E-state index in [9.17, 15) is 18.0 Å². The molecule has 0 radical (unpaired) electrons. The van der Waals surface area contributed by atoms with Crippen molar-refractivity contribution < 1.29 is 18.0 Å². The minimum absolute atomic E-state index is 0.00233. The van der Waals surface area contributed by atoms with Gasteiger partial charge in [0.25, 0.3) is 10.0 Å². The standard InChI is InChI=1S/C23H23N3O4S2/c1-3-8-19(22(27)25-32(29,30)16-13-21-24-14-15-31-21)23(28)26(4-2)20-12-7-10-17-9-5-6-11-18(17)20/h3,5-7,9-16,19H,1,4,8H2,2H3,(H,25,27)/b16-13+. The van der Waals surface area contributed by atoms with E-state index in [0.29, 0.717) is 17.2 Å². The van der Waals surface area contributed by atoms with Gasteiger partial charge in [-0.1, -0.05) is 42.5 Å². The van der Waals surface area contributed by atoms with Gasteiger partial charge in [-0.2, -0.15) is 0 Å². The Morgan fingerprint density at radius 1 is 1.22 bits per heavy atom. The lowest BCUT2D eigenvalue weighted by Crippen LogP contribution is -2.45. The van der Waals surface area contributed by atoms with E-state index in [1.807, 2.05) is 41.1 Å². The molecular weight excluding hydrogens is 446 g/mol. The van der Waals surface area contributed by atoms with Crippen molar-refractivity contribution in [3.63, 3.8) is 0 Å². The quantitative estimate of drug-likeness (QED) is 0.378. The summed E-state index contributed by atoms with van der Waals surface area (Å²) in [4.78, 5) is 31.7. The fourth-order valence-corrected chi connectivity index (χ4v) is 4.69. The lowest BCUT2D eigenvalue weighted by atomic mass is 10.0. The first-order chi connectivity index (χ1) is 15.4. The van der Waals surface area contributed by atoms with Crippen LogP contribution < -0.4 is 9.62 Å². The molecule has 0 aliphatic carbocycles. The molecule has 0 aliphatic heterocycles. The molecule has 3 rings (SSSR count). The highest BCUT2D eigenvalue weighted by molar-refractivity contribution is 7.93. The summed E-state index contributed by atoms with van der Waals surface area (Å²) in [7, 11) is -4.10. The van der Waals surface area contributed by atoms with Crippen LogP contribution in [0.15, 0.2) is 72.1 Å². The zero-order valence-corrected chi connectivity index (χ0v) is 19.1. The summed E-state index contributed by atoms with van der Waals surface area (Å²) in [5.74, 6) is -2.65. The molecule has 32 heavy (non-hydrogen) atoms. The summed E-state index contributed by atoms with van der Waals surface area (Å²) in [5, 5.41) is 4.87. The molecule has 1 heterocycles. The van der Waals surface area contributed by atoms with Gasteiger partial charge in [-0.15, -0.1) is 17.9 Å². The summed E-state index contributed by atoms with van der Waals surface area (Å²) < 4.78 is 26.7. The lowest BCUT2D eigenvalue weighted by molar-refractivity contribution is -0.132. The third kappa shape index (κ3) is 5.49. The van der Waals surface area contributed by atoms with Crippen molar-refractivity contribution in [2.24, 2.45) is 5.92 Å². The molecule has 0 bridgehead atoms. The van der Waals surface area contributed by atoms with E-state index < -0.39 is 27.8 Å². The molecule has 1 unspecified atom stereocenters. The van der Waals surface area contributed by atoms with Gasteiger partial charge >= 0.3 is 0 Å². The number of allylic oxidation sites excluding steroid dienone is 1. The number of rotatable bonds is 9. The molecule has 1 aromatic heterocycles. The van der Waals surface area contributed by atoms with Gasteiger partial charge in [-0.25, -0.2) is 18.1 Å². The minimum atomic E-state index is -4.10. The zero-order chi connectivity index (χ0) is 23.1. The Hall–Kier alpha value is -3.30. The summed E-state index contributed by atoms with van der Waals surface area (Å²) in [6, 6.07) is 13.2. The van der Waals surface area contributed by atoms with Crippen molar-refractivity contribution in [3.05, 3.63) is 77.1 Å². The van der Waals surface area contributed by atoms with Gasteiger partial charge < -0.3 is 4.90 Å². The molecule has 0 saturated heterocycles. The maximum absolute atomic E-state index is 13.4. The van der Waals surface area contributed by atoms with Crippen LogP contribution in [0.3, 0.4) is 0 Å². The molecule has 3 aromatic rings. The molecule has 0 aliphatic rings. The van der Waals surface area contributed by atoms with E-state index in [4.69, 9.17) is 0 Å². The van der Waals surface area contributed by atoms with Crippen LogP contribution in [0.2, 0.25) is 0 Å². The number of benzene rings is 2. The predicted octanol–water partition coefficient (Wildman–Crippen LogP) is 3.96. The van der Waals surface area contributed by atoms with E-state index in [2.05, 4.69) is 11.6 Å². The molecule has 9 heteroatoms. The number of sulfonamides is 1. The monoisotopic (exact) mass is 469 g/mol. The lowest BCUT2D eigenvalue weighted by Gasteiger charge is -2.26. The van der Waals surface area contributed by atoms with E-state index in [1.54, 1.807) is 24.6 Å². The van der Waals surface area contributed by atoms with Crippen LogP contribution in [0, 0.1) is 5.92 Å². The molecule has 1 atom stereocenters. The molecule has 2 aromatic carbocycles. The number of amides is 2. The number of fused-ring (bicyclic) bond motifs is 1. The first-order valence-electron chi connectivity index (χ1n) is 9.90. The molecule has 0 spiro atoms. The topological polar surface area (TPSA) is 96.4 Å². The second kappa shape index (κ2) is 10.3. The van der Waals surface area contributed by atoms with Crippen molar-refractivity contribution in [1.29, 1.82) is 0 Å². The largest absolute Gasteiger partial charge is 0.311 e. The third-order valence-electron chi connectivity index (χ3n) is 4.74. The molecular formula is C23H23N3O4S2. The van der Waals surface area contributed by atoms with Crippen LogP contribution in [0.5, 0.6) is 0 Å². The summed E-state index contributed by atoms with van der Waals surface area (Å²) in [5.41, 5.74) is 0.656. The van der Waals surface area contributed by atoms with Gasteiger partial charge in [0.2, 0.25) is 11.8 Å². The Kier molecular flexibility index (Phi) is 7.55. The van der Waals surface area contributed by atoms with Crippen LogP contribution in [0.1, 0.15) is 18.4 Å². The van der Waals surface area contributed by atoms with Crippen molar-refractivity contribution >= 4 is 55.7 Å². The van der Waals surface area contributed by atoms with E-state index in [-0.39, 0.29) is 6.42 Å². The molecule has 7 nitrogen and oxygen atoms in total. The number of anilines is 1. The Balaban J connectivity index is 1.86. The van der Waals surface area contributed by atoms with Crippen molar-refractivity contribution in [1.82, 2.24) is 9.71 Å². The molecule has 166 valence electrons. The van der Waals surface area contributed by atoms with Crippen molar-refractivity contribution in [2.75, 3.05) is 11.4 Å². The molecule has 0 saturated carbocycles. The second-order valence-corrected chi connectivity index (χ2v) is 9.33. The smallest absolute Gasteiger partial charge is 0.257 e. The van der Waals surface area contributed by atoms with Crippen LogP contribution in [-0.2, 0) is 19.6 Å². The number of carbonyl (C=O) groups is 2. The van der Waals surface area contributed by atoms with Crippen LogP contribution >= 0.6 is 11.3 Å². The highest BCUT2D eigenvalue weighted by atomic mass is 32.2. The van der Waals surface area contributed by atoms with Crippen molar-refractivity contribution in [3.8, 4) is 0 Å². The second-order valence-electron chi connectivity index (χ2n) is 6.84. The first-order valence-corrected chi connectivity index (χ1v) is 12.3. The van der Waals surface area contributed by atoms with E-state index >= 15 is 0 Å². The van der Waals surface area contributed by atoms with Crippen molar-refractivity contribution in [2.45, 2.75) is 13.3 Å². The van der Waals surface area contributed by atoms with Gasteiger partial charge in [0.1, 0.15) is 10.9 Å². The first kappa shape index (κ1) is 23.4. The maximum atomic E-state index is 13.4. The number of hydrogen-bond acceptors (Lipinski definition) is 6. The highest BCUT2D eigenvalue weighted by Crippen LogP contribution is 2.28. The third-order valence-corrected chi connectivity index (χ3v) is 6.46. The van der Waals surface area contributed by atoms with Crippen LogP contribution in [0.25, 0.3) is 16.8 Å². The number of aromatic nitrogens is 1. The molecule has 2 amide bonds. The Labute approximate surface area is 191 Å². The van der Waals surface area contributed by atoms with Gasteiger partial charge in [0, 0.05) is 23.5 Å². The Morgan fingerprint density at radius 3 is 2.66 bits per heavy atom.